The molecular formula is C19H19FO2. The van der Waals surface area contributed by atoms with Gasteiger partial charge < -0.3 is 4.74 Å². The molecule has 0 aliphatic heterocycles. The first-order chi connectivity index (χ1) is 10.4. The molecule has 0 fully saturated rings. The number of hydrogen-bond donors (Lipinski definition) is 0. The molecule has 114 valence electrons. The van der Waals surface area contributed by atoms with Crippen LogP contribution >= 0.6 is 0 Å². The monoisotopic (exact) mass is 298 g/mol. The standard InChI is InChI=1S/C19H19FO2/c1-12-9-14(3)18(15(4)10-12)22-19(21)17(20)11-16-8-6-5-7-13(16)2/h5-11H,1-4H3/b17-11-. The van der Waals surface area contributed by atoms with Crippen LogP contribution in [0.15, 0.2) is 42.2 Å². The Balaban J connectivity index is 2.24. The van der Waals surface area contributed by atoms with Crippen LogP contribution in [-0.4, -0.2) is 5.97 Å². The van der Waals surface area contributed by atoms with E-state index in [9.17, 15) is 9.18 Å². The van der Waals surface area contributed by atoms with Crippen LogP contribution in [0, 0.1) is 27.7 Å². The van der Waals surface area contributed by atoms with Crippen molar-refractivity contribution in [2.24, 2.45) is 0 Å². The van der Waals surface area contributed by atoms with E-state index in [0.717, 1.165) is 22.3 Å². The Morgan fingerprint density at radius 2 is 1.59 bits per heavy atom. The van der Waals surface area contributed by atoms with Gasteiger partial charge >= 0.3 is 5.97 Å². The SMILES string of the molecule is Cc1cc(C)c(OC(=O)/C(F)=C/c2ccccc2C)c(C)c1. The Kier molecular flexibility index (Phi) is 4.76. The molecule has 0 aliphatic rings. The summed E-state index contributed by atoms with van der Waals surface area (Å²) in [6.45, 7) is 7.50. The van der Waals surface area contributed by atoms with E-state index in [2.05, 4.69) is 0 Å². The molecule has 22 heavy (non-hydrogen) atoms. The second kappa shape index (κ2) is 6.56. The quantitative estimate of drug-likeness (QED) is 0.460. The van der Waals surface area contributed by atoms with Crippen molar-refractivity contribution in [3.8, 4) is 5.75 Å². The lowest BCUT2D eigenvalue weighted by Gasteiger charge is -2.11. The van der Waals surface area contributed by atoms with Crippen molar-refractivity contribution in [2.45, 2.75) is 27.7 Å². The van der Waals surface area contributed by atoms with Gasteiger partial charge in [0.2, 0.25) is 5.83 Å². The maximum Gasteiger partial charge on any atom is 0.372 e. The minimum absolute atomic E-state index is 0.420. The summed E-state index contributed by atoms with van der Waals surface area (Å²) in [4.78, 5) is 12.0. The van der Waals surface area contributed by atoms with Gasteiger partial charge in [-0.15, -0.1) is 0 Å². The van der Waals surface area contributed by atoms with Crippen LogP contribution in [0.25, 0.3) is 6.08 Å². The van der Waals surface area contributed by atoms with Gasteiger partial charge in [0.1, 0.15) is 5.75 Å². The molecule has 0 aromatic heterocycles. The Labute approximate surface area is 130 Å². The van der Waals surface area contributed by atoms with Gasteiger partial charge in [-0.05, 0) is 56.0 Å². The van der Waals surface area contributed by atoms with Gasteiger partial charge in [0.25, 0.3) is 0 Å². The maximum absolute atomic E-state index is 14.1. The average Bonchev–Trinajstić information content (AvgIpc) is 2.45. The van der Waals surface area contributed by atoms with E-state index in [4.69, 9.17) is 4.74 Å². The fourth-order valence-electron chi connectivity index (χ4n) is 2.41. The molecule has 0 bridgehead atoms. The number of halogens is 1. The van der Waals surface area contributed by atoms with Crippen LogP contribution in [0.3, 0.4) is 0 Å². The van der Waals surface area contributed by atoms with Crippen molar-refractivity contribution in [1.82, 2.24) is 0 Å². The number of rotatable bonds is 3. The summed E-state index contributed by atoms with van der Waals surface area (Å²) in [6, 6.07) is 11.1. The topological polar surface area (TPSA) is 26.3 Å². The summed E-state index contributed by atoms with van der Waals surface area (Å²) in [5.41, 5.74) is 4.26. The van der Waals surface area contributed by atoms with Crippen molar-refractivity contribution in [2.75, 3.05) is 0 Å². The average molecular weight is 298 g/mol. The Hall–Kier alpha value is -2.42. The molecule has 0 amide bonds. The molecule has 2 aromatic carbocycles. The van der Waals surface area contributed by atoms with Crippen molar-refractivity contribution in [3.63, 3.8) is 0 Å². The highest BCUT2D eigenvalue weighted by Gasteiger charge is 2.15. The molecular weight excluding hydrogens is 279 g/mol. The Morgan fingerprint density at radius 1 is 1.00 bits per heavy atom. The summed E-state index contributed by atoms with van der Waals surface area (Å²) < 4.78 is 19.3. The van der Waals surface area contributed by atoms with Gasteiger partial charge in [-0.3, -0.25) is 0 Å². The van der Waals surface area contributed by atoms with Crippen LogP contribution in [0.4, 0.5) is 4.39 Å². The highest BCUT2D eigenvalue weighted by Crippen LogP contribution is 2.26. The third-order valence-electron chi connectivity index (χ3n) is 3.47. The zero-order chi connectivity index (χ0) is 16.3. The van der Waals surface area contributed by atoms with Crippen LogP contribution < -0.4 is 4.74 Å². The summed E-state index contributed by atoms with van der Waals surface area (Å²) in [5, 5.41) is 0. The van der Waals surface area contributed by atoms with Gasteiger partial charge in [-0.25, -0.2) is 4.79 Å². The van der Waals surface area contributed by atoms with Gasteiger partial charge in [-0.2, -0.15) is 4.39 Å². The summed E-state index contributed by atoms with van der Waals surface area (Å²) in [7, 11) is 0. The summed E-state index contributed by atoms with van der Waals surface area (Å²) in [6.07, 6.45) is 1.20. The number of benzene rings is 2. The largest absolute Gasteiger partial charge is 0.421 e. The second-order valence-electron chi connectivity index (χ2n) is 5.47. The number of ether oxygens (including phenoxy) is 1. The molecule has 0 saturated heterocycles. The number of esters is 1. The molecule has 3 heteroatoms. The number of carbonyl (C=O) groups is 1. The minimum Gasteiger partial charge on any atom is -0.421 e. The minimum atomic E-state index is -0.974. The number of aryl methyl sites for hydroxylation is 4. The fraction of sp³-hybridized carbons (Fsp3) is 0.211. The van der Waals surface area contributed by atoms with Crippen molar-refractivity contribution >= 4 is 12.0 Å². The molecule has 0 aliphatic carbocycles. The molecule has 0 unspecified atom stereocenters. The van der Waals surface area contributed by atoms with E-state index in [1.807, 2.05) is 52.0 Å². The predicted molar refractivity (Wildman–Crippen MR) is 86.6 cm³/mol. The lowest BCUT2D eigenvalue weighted by Crippen LogP contribution is -2.10. The van der Waals surface area contributed by atoms with Crippen molar-refractivity contribution in [1.29, 1.82) is 0 Å². The zero-order valence-corrected chi connectivity index (χ0v) is 13.2. The normalized spacial score (nSPS) is 11.4. The Bertz CT molecular complexity index is 722. The zero-order valence-electron chi connectivity index (χ0n) is 13.2. The maximum atomic E-state index is 14.1. The predicted octanol–water partition coefficient (Wildman–Crippen LogP) is 4.84. The number of carbonyl (C=O) groups excluding carboxylic acids is 1. The Morgan fingerprint density at radius 3 is 2.18 bits per heavy atom. The van der Waals surface area contributed by atoms with Gasteiger partial charge in [0.05, 0.1) is 0 Å². The van der Waals surface area contributed by atoms with Gasteiger partial charge in [0.15, 0.2) is 0 Å². The molecule has 2 aromatic rings. The van der Waals surface area contributed by atoms with E-state index in [-0.39, 0.29) is 0 Å². The third kappa shape index (κ3) is 3.61. The number of hydrogen-bond acceptors (Lipinski definition) is 2. The van der Waals surface area contributed by atoms with E-state index in [0.29, 0.717) is 11.3 Å². The lowest BCUT2D eigenvalue weighted by atomic mass is 10.1. The van der Waals surface area contributed by atoms with Crippen LogP contribution in [0.5, 0.6) is 5.75 Å². The molecule has 0 radical (unpaired) electrons. The molecule has 0 N–H and O–H groups in total. The van der Waals surface area contributed by atoms with E-state index in [1.165, 1.54) is 6.08 Å². The molecule has 2 rings (SSSR count). The molecule has 0 saturated carbocycles. The summed E-state index contributed by atoms with van der Waals surface area (Å²) in [5.74, 6) is -1.46. The first-order valence-electron chi connectivity index (χ1n) is 7.11. The smallest absolute Gasteiger partial charge is 0.372 e. The van der Waals surface area contributed by atoms with Gasteiger partial charge in [0, 0.05) is 0 Å². The van der Waals surface area contributed by atoms with Crippen LogP contribution in [-0.2, 0) is 4.79 Å². The van der Waals surface area contributed by atoms with E-state index in [1.54, 1.807) is 12.1 Å². The third-order valence-corrected chi connectivity index (χ3v) is 3.47. The lowest BCUT2D eigenvalue weighted by molar-refractivity contribution is -0.131. The van der Waals surface area contributed by atoms with E-state index < -0.39 is 11.8 Å². The molecule has 0 spiro atoms. The summed E-state index contributed by atoms with van der Waals surface area (Å²) >= 11 is 0. The highest BCUT2D eigenvalue weighted by molar-refractivity contribution is 5.93. The van der Waals surface area contributed by atoms with Crippen molar-refractivity contribution < 1.29 is 13.9 Å². The van der Waals surface area contributed by atoms with Gasteiger partial charge in [-0.1, -0.05) is 42.0 Å². The van der Waals surface area contributed by atoms with E-state index >= 15 is 0 Å². The molecule has 0 atom stereocenters. The fourth-order valence-corrected chi connectivity index (χ4v) is 2.41. The molecule has 2 nitrogen and oxygen atoms in total. The first kappa shape index (κ1) is 16.0. The highest BCUT2D eigenvalue weighted by atomic mass is 19.1. The second-order valence-corrected chi connectivity index (χ2v) is 5.47. The van der Waals surface area contributed by atoms with Crippen LogP contribution in [0.1, 0.15) is 27.8 Å². The first-order valence-corrected chi connectivity index (χ1v) is 7.11. The van der Waals surface area contributed by atoms with Crippen molar-refractivity contribution in [3.05, 3.63) is 70.0 Å². The van der Waals surface area contributed by atoms with Crippen LogP contribution in [0.2, 0.25) is 0 Å². The molecule has 0 heterocycles.